The molecular weight excluding hydrogens is 474 g/mol. The highest BCUT2D eigenvalue weighted by Crippen LogP contribution is 2.25. The Morgan fingerprint density at radius 3 is 2.60 bits per heavy atom. The van der Waals surface area contributed by atoms with Gasteiger partial charge in [0.1, 0.15) is 12.4 Å². The Balaban J connectivity index is 0.00000312. The Kier molecular flexibility index (Phi) is 8.95. The van der Waals surface area contributed by atoms with E-state index in [0.717, 1.165) is 23.8 Å². The third kappa shape index (κ3) is 6.00. The van der Waals surface area contributed by atoms with Gasteiger partial charge in [0.2, 0.25) is 0 Å². The molecular formula is C16H23Cl2IN6. The van der Waals surface area contributed by atoms with Crippen LogP contribution in [0.15, 0.2) is 23.2 Å². The number of halogens is 3. The summed E-state index contributed by atoms with van der Waals surface area (Å²) in [5, 5.41) is 16.0. The lowest BCUT2D eigenvalue weighted by molar-refractivity contribution is 0.681. The third-order valence-corrected chi connectivity index (χ3v) is 4.25. The molecule has 1 aromatic heterocycles. The fourth-order valence-electron chi connectivity index (χ4n) is 2.19. The number of benzene rings is 1. The van der Waals surface area contributed by atoms with Gasteiger partial charge in [0.25, 0.3) is 0 Å². The average molecular weight is 497 g/mol. The van der Waals surface area contributed by atoms with Crippen LogP contribution in [0.4, 0.5) is 0 Å². The molecule has 1 atom stereocenters. The highest BCUT2D eigenvalue weighted by molar-refractivity contribution is 14.0. The SMILES string of the molecule is CCNC(=NCc1nnc(C)n1C)NC(C)c1ccc(Cl)cc1Cl.I. The molecule has 1 aromatic carbocycles. The van der Waals surface area contributed by atoms with Crippen molar-refractivity contribution in [2.75, 3.05) is 6.54 Å². The molecule has 2 aromatic rings. The van der Waals surface area contributed by atoms with Gasteiger partial charge in [-0.1, -0.05) is 29.3 Å². The molecule has 0 amide bonds. The molecule has 0 bridgehead atoms. The number of hydrogen-bond donors (Lipinski definition) is 2. The molecule has 0 fully saturated rings. The number of nitrogens with one attached hydrogen (secondary N) is 2. The van der Waals surface area contributed by atoms with E-state index >= 15 is 0 Å². The summed E-state index contributed by atoms with van der Waals surface area (Å²) in [6.07, 6.45) is 0. The Morgan fingerprint density at radius 1 is 1.32 bits per heavy atom. The van der Waals surface area contributed by atoms with Gasteiger partial charge in [-0.25, -0.2) is 4.99 Å². The minimum Gasteiger partial charge on any atom is -0.357 e. The van der Waals surface area contributed by atoms with Crippen molar-refractivity contribution in [1.82, 2.24) is 25.4 Å². The van der Waals surface area contributed by atoms with Crippen LogP contribution in [0.25, 0.3) is 0 Å². The fourth-order valence-corrected chi connectivity index (χ4v) is 2.77. The lowest BCUT2D eigenvalue weighted by Gasteiger charge is -2.19. The second-order valence-corrected chi connectivity index (χ2v) is 6.29. The van der Waals surface area contributed by atoms with Crippen LogP contribution in [0.5, 0.6) is 0 Å². The van der Waals surface area contributed by atoms with Gasteiger partial charge in [-0.15, -0.1) is 34.2 Å². The maximum Gasteiger partial charge on any atom is 0.192 e. The van der Waals surface area contributed by atoms with Gasteiger partial charge in [-0.2, -0.15) is 0 Å². The quantitative estimate of drug-likeness (QED) is 0.374. The predicted molar refractivity (Wildman–Crippen MR) is 114 cm³/mol. The van der Waals surface area contributed by atoms with Gasteiger partial charge in [0, 0.05) is 23.6 Å². The smallest absolute Gasteiger partial charge is 0.192 e. The van der Waals surface area contributed by atoms with Gasteiger partial charge < -0.3 is 15.2 Å². The van der Waals surface area contributed by atoms with Crippen molar-refractivity contribution in [3.63, 3.8) is 0 Å². The molecule has 6 nitrogen and oxygen atoms in total. The third-order valence-electron chi connectivity index (χ3n) is 3.69. The number of hydrogen-bond acceptors (Lipinski definition) is 3. The standard InChI is InChI=1S/C16H22Cl2N6.HI/c1-5-19-16(20-9-15-23-22-11(3)24(15)4)21-10(2)13-7-6-12(17)8-14(13)18;/h6-8,10H,5,9H2,1-4H3,(H2,19,20,21);1H. The first kappa shape index (κ1) is 22.0. The molecule has 138 valence electrons. The van der Waals surface area contributed by atoms with Crippen molar-refractivity contribution >= 4 is 53.1 Å². The first-order valence-corrected chi connectivity index (χ1v) is 8.52. The Hall–Kier alpha value is -1.06. The number of guanidine groups is 1. The Bertz CT molecular complexity index is 731. The number of nitrogens with zero attached hydrogens (tertiary/aromatic N) is 4. The minimum absolute atomic E-state index is 0. The van der Waals surface area contributed by atoms with E-state index < -0.39 is 0 Å². The van der Waals surface area contributed by atoms with Gasteiger partial charge in [-0.05, 0) is 38.5 Å². The van der Waals surface area contributed by atoms with E-state index in [0.29, 0.717) is 22.5 Å². The van der Waals surface area contributed by atoms with E-state index in [1.807, 2.05) is 44.5 Å². The van der Waals surface area contributed by atoms with Gasteiger partial charge in [-0.3, -0.25) is 0 Å². The van der Waals surface area contributed by atoms with Crippen LogP contribution in [0, 0.1) is 6.92 Å². The number of aromatic nitrogens is 3. The molecule has 1 heterocycles. The van der Waals surface area contributed by atoms with Crippen LogP contribution in [0.3, 0.4) is 0 Å². The van der Waals surface area contributed by atoms with Crippen LogP contribution in [-0.4, -0.2) is 27.3 Å². The summed E-state index contributed by atoms with van der Waals surface area (Å²) in [4.78, 5) is 4.57. The normalized spacial score (nSPS) is 12.5. The maximum absolute atomic E-state index is 6.28. The van der Waals surface area contributed by atoms with Crippen molar-refractivity contribution in [2.24, 2.45) is 12.0 Å². The second kappa shape index (κ2) is 10.2. The topological polar surface area (TPSA) is 67.1 Å². The Morgan fingerprint density at radius 2 is 2.04 bits per heavy atom. The van der Waals surface area contributed by atoms with Gasteiger partial charge in [0.05, 0.1) is 6.04 Å². The summed E-state index contributed by atoms with van der Waals surface area (Å²) in [5.74, 6) is 2.36. The van der Waals surface area contributed by atoms with Crippen molar-refractivity contribution in [3.05, 3.63) is 45.5 Å². The molecule has 0 aliphatic rings. The van der Waals surface area contributed by atoms with Crippen LogP contribution in [0.2, 0.25) is 10.0 Å². The van der Waals surface area contributed by atoms with Crippen molar-refractivity contribution in [1.29, 1.82) is 0 Å². The molecule has 0 saturated carbocycles. The van der Waals surface area contributed by atoms with Crippen LogP contribution in [0.1, 0.15) is 37.1 Å². The largest absolute Gasteiger partial charge is 0.357 e. The summed E-state index contributed by atoms with van der Waals surface area (Å²) in [6.45, 7) is 7.14. The van der Waals surface area contributed by atoms with E-state index in [4.69, 9.17) is 23.2 Å². The molecule has 1 unspecified atom stereocenters. The molecule has 0 aliphatic heterocycles. The second-order valence-electron chi connectivity index (χ2n) is 5.45. The lowest BCUT2D eigenvalue weighted by Crippen LogP contribution is -2.38. The predicted octanol–water partition coefficient (Wildman–Crippen LogP) is 3.86. The van der Waals surface area contributed by atoms with E-state index in [9.17, 15) is 0 Å². The molecule has 9 heteroatoms. The highest BCUT2D eigenvalue weighted by Gasteiger charge is 2.12. The molecule has 2 N–H and O–H groups in total. The van der Waals surface area contributed by atoms with Crippen LogP contribution >= 0.6 is 47.2 Å². The highest BCUT2D eigenvalue weighted by atomic mass is 127. The van der Waals surface area contributed by atoms with E-state index in [2.05, 4.69) is 25.8 Å². The van der Waals surface area contributed by atoms with Crippen molar-refractivity contribution in [3.8, 4) is 0 Å². The number of aliphatic imine (C=N–C) groups is 1. The zero-order valence-corrected chi connectivity index (χ0v) is 18.5. The number of rotatable bonds is 5. The molecule has 25 heavy (non-hydrogen) atoms. The molecule has 2 rings (SSSR count). The number of aryl methyl sites for hydroxylation is 1. The van der Waals surface area contributed by atoms with Crippen LogP contribution in [-0.2, 0) is 13.6 Å². The molecule has 0 radical (unpaired) electrons. The summed E-state index contributed by atoms with van der Waals surface area (Å²) in [6, 6.07) is 5.46. The summed E-state index contributed by atoms with van der Waals surface area (Å²) in [7, 11) is 1.93. The van der Waals surface area contributed by atoms with E-state index in [1.165, 1.54) is 0 Å². The average Bonchev–Trinajstić information content (AvgIpc) is 2.84. The fraction of sp³-hybridized carbons (Fsp3) is 0.438. The Labute approximate surface area is 175 Å². The van der Waals surface area contributed by atoms with Gasteiger partial charge >= 0.3 is 0 Å². The molecule has 0 saturated heterocycles. The first-order chi connectivity index (χ1) is 11.4. The maximum atomic E-state index is 6.28. The van der Waals surface area contributed by atoms with Crippen LogP contribution < -0.4 is 10.6 Å². The monoisotopic (exact) mass is 496 g/mol. The zero-order valence-electron chi connectivity index (χ0n) is 14.7. The molecule has 0 spiro atoms. The van der Waals surface area contributed by atoms with E-state index in [1.54, 1.807) is 6.07 Å². The first-order valence-electron chi connectivity index (χ1n) is 7.77. The van der Waals surface area contributed by atoms with Crippen molar-refractivity contribution in [2.45, 2.75) is 33.4 Å². The van der Waals surface area contributed by atoms with Crippen molar-refractivity contribution < 1.29 is 0 Å². The lowest BCUT2D eigenvalue weighted by atomic mass is 10.1. The minimum atomic E-state index is -0.0196. The summed E-state index contributed by atoms with van der Waals surface area (Å²) >= 11 is 12.2. The zero-order chi connectivity index (χ0) is 17.7. The van der Waals surface area contributed by atoms with Gasteiger partial charge in [0.15, 0.2) is 11.8 Å². The summed E-state index contributed by atoms with van der Waals surface area (Å²) in [5.41, 5.74) is 0.959. The summed E-state index contributed by atoms with van der Waals surface area (Å²) < 4.78 is 1.92. The van der Waals surface area contributed by atoms with E-state index in [-0.39, 0.29) is 30.0 Å². The molecule has 0 aliphatic carbocycles.